The van der Waals surface area contributed by atoms with Gasteiger partial charge in [0.25, 0.3) is 11.8 Å². The van der Waals surface area contributed by atoms with Gasteiger partial charge in [0.1, 0.15) is 5.75 Å². The molecule has 1 aromatic heterocycles. The number of fused-ring (bicyclic) bond motifs is 1. The van der Waals surface area contributed by atoms with Crippen molar-refractivity contribution in [2.75, 3.05) is 26.1 Å². The van der Waals surface area contributed by atoms with Gasteiger partial charge in [-0.3, -0.25) is 9.59 Å². The second-order valence-electron chi connectivity index (χ2n) is 8.58. The van der Waals surface area contributed by atoms with Gasteiger partial charge in [-0.2, -0.15) is 5.10 Å². The summed E-state index contributed by atoms with van der Waals surface area (Å²) in [5.41, 5.74) is 5.23. The van der Waals surface area contributed by atoms with Gasteiger partial charge < -0.3 is 19.5 Å². The Morgan fingerprint density at radius 2 is 1.89 bits per heavy atom. The summed E-state index contributed by atoms with van der Waals surface area (Å²) in [6, 6.07) is 14.2. The number of hydrogen-bond donors (Lipinski definition) is 2. The number of methoxy groups -OCH3 is 2. The number of benzene rings is 2. The van der Waals surface area contributed by atoms with Crippen LogP contribution in [0.2, 0.25) is 0 Å². The number of thiophene rings is 1. The van der Waals surface area contributed by atoms with Crippen LogP contribution in [-0.2, 0) is 17.6 Å². The van der Waals surface area contributed by atoms with Crippen molar-refractivity contribution in [3.63, 3.8) is 0 Å². The maximum Gasteiger partial charge on any atom is 0.281 e. The predicted octanol–water partition coefficient (Wildman–Crippen LogP) is 4.67. The number of hydrazone groups is 1. The van der Waals surface area contributed by atoms with Crippen molar-refractivity contribution < 1.29 is 23.8 Å². The lowest BCUT2D eigenvalue weighted by molar-refractivity contribution is -0.118. The van der Waals surface area contributed by atoms with Crippen molar-refractivity contribution in [3.05, 3.63) is 69.4 Å². The number of ether oxygens (including phenoxy) is 3. The molecule has 0 saturated carbocycles. The average Bonchev–Trinajstić information content (AvgIpc) is 3.31. The number of carbonyl (C=O) groups excluding carboxylic acids is 2. The molecule has 0 radical (unpaired) electrons. The van der Waals surface area contributed by atoms with Crippen LogP contribution in [-0.4, -0.2) is 38.9 Å². The van der Waals surface area contributed by atoms with Crippen LogP contribution in [0.1, 0.15) is 39.0 Å². The van der Waals surface area contributed by atoms with Crippen LogP contribution in [0.25, 0.3) is 0 Å². The molecule has 1 aliphatic rings. The van der Waals surface area contributed by atoms with Gasteiger partial charge in [0.05, 0.1) is 25.3 Å². The van der Waals surface area contributed by atoms with Crippen LogP contribution in [0.15, 0.2) is 53.6 Å². The number of nitrogens with zero attached hydrogens (tertiary/aromatic N) is 1. The summed E-state index contributed by atoms with van der Waals surface area (Å²) < 4.78 is 16.1. The third-order valence-electron chi connectivity index (χ3n) is 5.85. The highest BCUT2D eigenvalue weighted by atomic mass is 32.1. The Morgan fingerprint density at radius 3 is 2.64 bits per heavy atom. The summed E-state index contributed by atoms with van der Waals surface area (Å²) in [5, 5.41) is 6.85. The van der Waals surface area contributed by atoms with Crippen molar-refractivity contribution in [2.45, 2.75) is 26.2 Å². The Bertz CT molecular complexity index is 1250. The Balaban J connectivity index is 1.30. The fraction of sp³-hybridized carbons (Fsp3) is 0.296. The van der Waals surface area contributed by atoms with Gasteiger partial charge in [-0.25, -0.2) is 5.43 Å². The molecule has 8 nitrogen and oxygen atoms in total. The van der Waals surface area contributed by atoms with Gasteiger partial charge in [-0.1, -0.05) is 6.92 Å². The number of aryl methyl sites for hydroxylation is 1. The molecule has 2 N–H and O–H groups in total. The quantitative estimate of drug-likeness (QED) is 0.324. The third kappa shape index (κ3) is 6.42. The van der Waals surface area contributed by atoms with Gasteiger partial charge in [0.15, 0.2) is 18.1 Å². The highest BCUT2D eigenvalue weighted by molar-refractivity contribution is 7.14. The number of hydrogen-bond acceptors (Lipinski definition) is 7. The van der Waals surface area contributed by atoms with E-state index in [1.807, 2.05) is 6.07 Å². The van der Waals surface area contributed by atoms with Gasteiger partial charge in [-0.15, -0.1) is 11.3 Å². The lowest BCUT2D eigenvalue weighted by Gasteiger charge is -2.16. The van der Waals surface area contributed by atoms with Crippen molar-refractivity contribution >= 4 is 35.1 Å². The lowest BCUT2D eigenvalue weighted by atomic mass is 9.90. The summed E-state index contributed by atoms with van der Waals surface area (Å²) in [7, 11) is 3.10. The average molecular weight is 508 g/mol. The number of rotatable bonds is 9. The Labute approximate surface area is 214 Å². The zero-order valence-corrected chi connectivity index (χ0v) is 21.3. The Kier molecular flexibility index (Phi) is 8.22. The normalized spacial score (nSPS) is 14.7. The first-order valence-corrected chi connectivity index (χ1v) is 12.5. The van der Waals surface area contributed by atoms with Gasteiger partial charge in [0.2, 0.25) is 0 Å². The largest absolute Gasteiger partial charge is 0.497 e. The number of amides is 2. The van der Waals surface area contributed by atoms with E-state index >= 15 is 0 Å². The standard InChI is InChI=1S/C27H29N3O5S/c1-17-4-11-24-19(12-17)14-25(36-24)27(32)30-28-15-18-5-10-22(23(13-18)34-3)35-16-26(31)29-20-6-8-21(33-2)9-7-20/h5-10,13-15,17H,4,11-12,16H2,1-3H3,(H,29,31)(H,30,32). The van der Waals surface area contributed by atoms with E-state index in [4.69, 9.17) is 14.2 Å². The minimum Gasteiger partial charge on any atom is -0.497 e. The smallest absolute Gasteiger partial charge is 0.281 e. The van der Waals surface area contributed by atoms with Crippen molar-refractivity contribution in [1.29, 1.82) is 0 Å². The van der Waals surface area contributed by atoms with E-state index in [1.54, 1.807) is 60.9 Å². The molecule has 1 aliphatic carbocycles. The van der Waals surface area contributed by atoms with Crippen LogP contribution in [0.4, 0.5) is 5.69 Å². The van der Waals surface area contributed by atoms with Gasteiger partial charge in [-0.05, 0) is 84.8 Å². The molecule has 0 saturated heterocycles. The highest BCUT2D eigenvalue weighted by Crippen LogP contribution is 2.32. The molecule has 1 unspecified atom stereocenters. The maximum atomic E-state index is 12.5. The fourth-order valence-electron chi connectivity index (χ4n) is 3.94. The van der Waals surface area contributed by atoms with E-state index in [2.05, 4.69) is 22.8 Å². The number of nitrogens with one attached hydrogen (secondary N) is 2. The second kappa shape index (κ2) is 11.7. The van der Waals surface area contributed by atoms with E-state index in [1.165, 1.54) is 30.2 Å². The van der Waals surface area contributed by atoms with Gasteiger partial charge >= 0.3 is 0 Å². The molecule has 3 aromatic rings. The van der Waals surface area contributed by atoms with Crippen LogP contribution >= 0.6 is 11.3 Å². The van der Waals surface area contributed by atoms with Crippen LogP contribution in [0, 0.1) is 5.92 Å². The Morgan fingerprint density at radius 1 is 1.08 bits per heavy atom. The molecule has 9 heteroatoms. The molecular formula is C27H29N3O5S. The monoisotopic (exact) mass is 507 g/mol. The first-order chi connectivity index (χ1) is 17.4. The molecule has 4 rings (SSSR count). The number of carbonyl (C=O) groups is 2. The van der Waals surface area contributed by atoms with E-state index < -0.39 is 0 Å². The molecule has 2 amide bonds. The molecule has 1 atom stereocenters. The van der Waals surface area contributed by atoms with Crippen molar-refractivity contribution in [3.8, 4) is 17.2 Å². The predicted molar refractivity (Wildman–Crippen MR) is 141 cm³/mol. The first-order valence-electron chi connectivity index (χ1n) is 11.6. The molecule has 0 fully saturated rings. The fourth-order valence-corrected chi connectivity index (χ4v) is 5.03. The minimum atomic E-state index is -0.305. The first kappa shape index (κ1) is 25.2. The van der Waals surface area contributed by atoms with Crippen molar-refractivity contribution in [2.24, 2.45) is 11.0 Å². The number of anilines is 1. The molecule has 1 heterocycles. The third-order valence-corrected chi connectivity index (χ3v) is 7.09. The molecule has 2 aromatic carbocycles. The summed E-state index contributed by atoms with van der Waals surface area (Å²) in [6.45, 7) is 2.06. The summed E-state index contributed by atoms with van der Waals surface area (Å²) in [5.74, 6) is 1.71. The second-order valence-corrected chi connectivity index (χ2v) is 9.72. The van der Waals surface area contributed by atoms with Crippen molar-refractivity contribution in [1.82, 2.24) is 5.43 Å². The van der Waals surface area contributed by atoms with Crippen LogP contribution in [0.3, 0.4) is 0 Å². The van der Waals surface area contributed by atoms with E-state index in [9.17, 15) is 9.59 Å². The highest BCUT2D eigenvalue weighted by Gasteiger charge is 2.20. The molecule has 0 aliphatic heterocycles. The van der Waals surface area contributed by atoms with E-state index in [0.29, 0.717) is 39.3 Å². The zero-order valence-electron chi connectivity index (χ0n) is 20.5. The SMILES string of the molecule is COc1ccc(NC(=O)COc2ccc(C=NNC(=O)c3cc4c(s3)CCC(C)C4)cc2OC)cc1. The summed E-state index contributed by atoms with van der Waals surface area (Å²) in [6.07, 6.45) is 4.77. The molecule has 36 heavy (non-hydrogen) atoms. The van der Waals surface area contributed by atoms with Crippen LogP contribution in [0.5, 0.6) is 17.2 Å². The summed E-state index contributed by atoms with van der Waals surface area (Å²) in [4.78, 5) is 26.7. The molecule has 0 bridgehead atoms. The maximum absolute atomic E-state index is 12.5. The minimum absolute atomic E-state index is 0.185. The van der Waals surface area contributed by atoms with E-state index in [-0.39, 0.29) is 18.4 Å². The van der Waals surface area contributed by atoms with E-state index in [0.717, 1.165) is 12.8 Å². The van der Waals surface area contributed by atoms with Gasteiger partial charge in [0, 0.05) is 10.6 Å². The summed E-state index contributed by atoms with van der Waals surface area (Å²) >= 11 is 1.55. The zero-order chi connectivity index (χ0) is 25.5. The van der Waals surface area contributed by atoms with Crippen LogP contribution < -0.4 is 25.0 Å². The molecule has 0 spiro atoms. The topological polar surface area (TPSA) is 98.3 Å². The molecule has 188 valence electrons. The lowest BCUT2D eigenvalue weighted by Crippen LogP contribution is -2.20. The molecular weight excluding hydrogens is 478 g/mol. The Hall–Kier alpha value is -3.85.